The molecule has 0 amide bonds. The van der Waals surface area contributed by atoms with E-state index in [2.05, 4.69) is 18.7 Å². The predicted octanol–water partition coefficient (Wildman–Crippen LogP) is 3.97. The molecular weight excluding hydrogens is 234 g/mol. The number of hydrogen-bond donors (Lipinski definition) is 1. The van der Waals surface area contributed by atoms with Gasteiger partial charge in [-0.15, -0.1) is 0 Å². The molecule has 0 heterocycles. The van der Waals surface area contributed by atoms with Gasteiger partial charge in [-0.1, -0.05) is 46.0 Å². The molecule has 0 aromatic rings. The average molecular weight is 267 g/mol. The fourth-order valence-corrected chi connectivity index (χ4v) is 3.92. The third kappa shape index (κ3) is 4.46. The Morgan fingerprint density at radius 2 is 1.58 bits per heavy atom. The molecular formula is C17H33NO. The van der Waals surface area contributed by atoms with Crippen molar-refractivity contribution in [3.8, 4) is 0 Å². The van der Waals surface area contributed by atoms with E-state index in [1.807, 2.05) is 0 Å². The van der Waals surface area contributed by atoms with Gasteiger partial charge in [-0.3, -0.25) is 4.90 Å². The summed E-state index contributed by atoms with van der Waals surface area (Å²) in [6, 6.07) is 1.21. The number of aliphatic hydroxyl groups is 1. The standard InChI is InChI=1S/C17H33NO/c1-14(2)12-13-18(15-8-6-7-9-15)16-10-4-3-5-11-17(16)19/h14-17,19H,3-13H2,1-2H3. The van der Waals surface area contributed by atoms with Crippen molar-refractivity contribution in [2.45, 2.75) is 96.2 Å². The van der Waals surface area contributed by atoms with Crippen LogP contribution in [0.1, 0.15) is 78.1 Å². The smallest absolute Gasteiger partial charge is 0.0695 e. The summed E-state index contributed by atoms with van der Waals surface area (Å²) in [6.45, 7) is 5.83. The first-order chi connectivity index (χ1) is 9.18. The third-order valence-corrected chi connectivity index (χ3v) is 5.13. The second-order valence-electron chi connectivity index (χ2n) is 7.13. The van der Waals surface area contributed by atoms with Crippen LogP contribution in [0.5, 0.6) is 0 Å². The molecule has 112 valence electrons. The molecule has 2 saturated carbocycles. The molecule has 0 aliphatic heterocycles. The molecule has 0 spiro atoms. The van der Waals surface area contributed by atoms with Crippen LogP contribution in [-0.4, -0.2) is 34.7 Å². The SMILES string of the molecule is CC(C)CCN(C1CCCC1)C1CCCCCC1O. The fourth-order valence-electron chi connectivity index (χ4n) is 3.92. The maximum atomic E-state index is 10.5. The van der Waals surface area contributed by atoms with Gasteiger partial charge in [-0.2, -0.15) is 0 Å². The summed E-state index contributed by atoms with van der Waals surface area (Å²) in [5, 5.41) is 10.5. The molecule has 0 bridgehead atoms. The Morgan fingerprint density at radius 1 is 0.947 bits per heavy atom. The van der Waals surface area contributed by atoms with Gasteiger partial charge in [0.25, 0.3) is 0 Å². The van der Waals surface area contributed by atoms with Crippen molar-refractivity contribution < 1.29 is 5.11 Å². The van der Waals surface area contributed by atoms with Crippen molar-refractivity contribution >= 4 is 0 Å². The number of hydrogen-bond acceptors (Lipinski definition) is 2. The van der Waals surface area contributed by atoms with Crippen LogP contribution < -0.4 is 0 Å². The van der Waals surface area contributed by atoms with Crippen LogP contribution in [0.25, 0.3) is 0 Å². The first-order valence-electron chi connectivity index (χ1n) is 8.62. The zero-order chi connectivity index (χ0) is 13.7. The van der Waals surface area contributed by atoms with Gasteiger partial charge in [0.05, 0.1) is 6.10 Å². The predicted molar refractivity (Wildman–Crippen MR) is 81.3 cm³/mol. The third-order valence-electron chi connectivity index (χ3n) is 5.13. The lowest BCUT2D eigenvalue weighted by Gasteiger charge is -2.39. The fraction of sp³-hybridized carbons (Fsp3) is 1.00. The molecule has 2 rings (SSSR count). The van der Waals surface area contributed by atoms with E-state index < -0.39 is 0 Å². The first kappa shape index (κ1) is 15.3. The maximum Gasteiger partial charge on any atom is 0.0695 e. The van der Waals surface area contributed by atoms with Gasteiger partial charge in [0.1, 0.15) is 0 Å². The van der Waals surface area contributed by atoms with Crippen molar-refractivity contribution in [1.82, 2.24) is 4.90 Å². The molecule has 0 saturated heterocycles. The van der Waals surface area contributed by atoms with Crippen LogP contribution >= 0.6 is 0 Å². The molecule has 2 unspecified atom stereocenters. The molecule has 2 aliphatic rings. The molecule has 0 aromatic heterocycles. The zero-order valence-corrected chi connectivity index (χ0v) is 13.0. The highest BCUT2D eigenvalue weighted by Gasteiger charge is 2.33. The van der Waals surface area contributed by atoms with Gasteiger partial charge in [0.2, 0.25) is 0 Å². The molecule has 2 aliphatic carbocycles. The van der Waals surface area contributed by atoms with E-state index in [0.29, 0.717) is 6.04 Å². The second-order valence-corrected chi connectivity index (χ2v) is 7.13. The quantitative estimate of drug-likeness (QED) is 0.762. The largest absolute Gasteiger partial charge is 0.391 e. The minimum absolute atomic E-state index is 0.0738. The van der Waals surface area contributed by atoms with Gasteiger partial charge >= 0.3 is 0 Å². The highest BCUT2D eigenvalue weighted by atomic mass is 16.3. The van der Waals surface area contributed by atoms with Gasteiger partial charge < -0.3 is 5.11 Å². The van der Waals surface area contributed by atoms with Crippen LogP contribution in [-0.2, 0) is 0 Å². The van der Waals surface area contributed by atoms with Gasteiger partial charge in [-0.25, -0.2) is 0 Å². The number of nitrogens with zero attached hydrogens (tertiary/aromatic N) is 1. The number of aliphatic hydroxyl groups excluding tert-OH is 1. The Hall–Kier alpha value is -0.0800. The normalized spacial score (nSPS) is 30.2. The molecule has 19 heavy (non-hydrogen) atoms. The van der Waals surface area contributed by atoms with Crippen LogP contribution in [0.4, 0.5) is 0 Å². The maximum absolute atomic E-state index is 10.5. The van der Waals surface area contributed by atoms with Crippen molar-refractivity contribution in [2.24, 2.45) is 5.92 Å². The lowest BCUT2D eigenvalue weighted by atomic mass is 9.99. The highest BCUT2D eigenvalue weighted by molar-refractivity contribution is 4.88. The van der Waals surface area contributed by atoms with Crippen LogP contribution in [0.2, 0.25) is 0 Å². The van der Waals surface area contributed by atoms with E-state index in [9.17, 15) is 5.11 Å². The Balaban J connectivity index is 2.00. The van der Waals surface area contributed by atoms with E-state index in [-0.39, 0.29) is 6.10 Å². The van der Waals surface area contributed by atoms with E-state index in [0.717, 1.165) is 18.4 Å². The molecule has 2 heteroatoms. The molecule has 2 nitrogen and oxygen atoms in total. The average Bonchev–Trinajstić information content (AvgIpc) is 2.81. The van der Waals surface area contributed by atoms with Crippen molar-refractivity contribution in [2.75, 3.05) is 6.54 Å². The van der Waals surface area contributed by atoms with E-state index in [1.54, 1.807) is 0 Å². The van der Waals surface area contributed by atoms with E-state index in [1.165, 1.54) is 64.3 Å². The van der Waals surface area contributed by atoms with Gasteiger partial charge in [0, 0.05) is 12.1 Å². The summed E-state index contributed by atoms with van der Waals surface area (Å²) < 4.78 is 0. The minimum atomic E-state index is -0.0738. The number of rotatable bonds is 5. The summed E-state index contributed by atoms with van der Waals surface area (Å²) in [6.07, 6.45) is 12.8. The van der Waals surface area contributed by atoms with Crippen molar-refractivity contribution in [3.63, 3.8) is 0 Å². The van der Waals surface area contributed by atoms with Gasteiger partial charge in [-0.05, 0) is 44.6 Å². The van der Waals surface area contributed by atoms with Crippen LogP contribution in [0.3, 0.4) is 0 Å². The summed E-state index contributed by atoms with van der Waals surface area (Å²) in [7, 11) is 0. The van der Waals surface area contributed by atoms with E-state index >= 15 is 0 Å². The van der Waals surface area contributed by atoms with E-state index in [4.69, 9.17) is 0 Å². The Labute approximate surface area is 119 Å². The second kappa shape index (κ2) is 7.64. The summed E-state index contributed by atoms with van der Waals surface area (Å²) in [4.78, 5) is 2.71. The molecule has 0 aromatic carbocycles. The molecule has 0 radical (unpaired) electrons. The Morgan fingerprint density at radius 3 is 2.26 bits per heavy atom. The monoisotopic (exact) mass is 267 g/mol. The van der Waals surface area contributed by atoms with Crippen LogP contribution in [0, 0.1) is 5.92 Å². The van der Waals surface area contributed by atoms with Crippen molar-refractivity contribution in [3.05, 3.63) is 0 Å². The first-order valence-corrected chi connectivity index (χ1v) is 8.62. The topological polar surface area (TPSA) is 23.5 Å². The Kier molecular flexibility index (Phi) is 6.15. The molecule has 1 N–H and O–H groups in total. The van der Waals surface area contributed by atoms with Gasteiger partial charge in [0.15, 0.2) is 0 Å². The minimum Gasteiger partial charge on any atom is -0.391 e. The van der Waals surface area contributed by atoms with Crippen LogP contribution in [0.15, 0.2) is 0 Å². The summed E-state index contributed by atoms with van der Waals surface area (Å²) >= 11 is 0. The molecule has 2 atom stereocenters. The zero-order valence-electron chi connectivity index (χ0n) is 13.0. The molecule has 2 fully saturated rings. The summed E-state index contributed by atoms with van der Waals surface area (Å²) in [5.41, 5.74) is 0. The lowest BCUT2D eigenvalue weighted by molar-refractivity contribution is 0.0180. The Bertz CT molecular complexity index is 248. The lowest BCUT2D eigenvalue weighted by Crippen LogP contribution is -2.48. The highest BCUT2D eigenvalue weighted by Crippen LogP contribution is 2.31. The summed E-state index contributed by atoms with van der Waals surface area (Å²) in [5.74, 6) is 0.770. The van der Waals surface area contributed by atoms with Crippen molar-refractivity contribution in [1.29, 1.82) is 0 Å².